The number of carbonyl (C=O) groups is 2. The monoisotopic (exact) mass is 272 g/mol. The number of anilines is 1. The van der Waals surface area contributed by atoms with Gasteiger partial charge in [0.2, 0.25) is 5.91 Å². The topological polar surface area (TPSA) is 49.4 Å². The zero-order valence-corrected chi connectivity index (χ0v) is 12.1. The number of Topliss-reactive ketones (excluding diaryl/α,β-unsaturated/α-hetero) is 1. The Balaban J connectivity index is 2.03. The summed E-state index contributed by atoms with van der Waals surface area (Å²) in [6.45, 7) is 2.64. The fraction of sp³-hybridized carbons (Fsp3) is 0.375. The first-order chi connectivity index (χ1) is 9.47. The van der Waals surface area contributed by atoms with E-state index >= 15 is 0 Å². The Labute approximate surface area is 119 Å². The molecule has 0 saturated heterocycles. The molecule has 4 nitrogen and oxygen atoms in total. The minimum absolute atomic E-state index is 0.0638. The molecule has 0 aliphatic heterocycles. The van der Waals surface area contributed by atoms with Gasteiger partial charge in [0.1, 0.15) is 5.78 Å². The molecular weight excluding hydrogens is 252 g/mol. The first-order valence-electron chi connectivity index (χ1n) is 6.75. The number of amides is 1. The lowest BCUT2D eigenvalue weighted by molar-refractivity contribution is -0.118. The average Bonchev–Trinajstić information content (AvgIpc) is 2.65. The smallest absolute Gasteiger partial charge is 0.248 e. The maximum Gasteiger partial charge on any atom is 0.248 e. The highest BCUT2D eigenvalue weighted by molar-refractivity contribution is 6.00. The molecule has 1 amide bonds. The molecule has 0 bridgehead atoms. The van der Waals surface area contributed by atoms with Gasteiger partial charge < -0.3 is 10.2 Å². The molecule has 4 heteroatoms. The summed E-state index contributed by atoms with van der Waals surface area (Å²) in [5, 5.41) is 2.83. The van der Waals surface area contributed by atoms with E-state index in [2.05, 4.69) is 5.32 Å². The Morgan fingerprint density at radius 2 is 2.20 bits per heavy atom. The molecule has 1 aliphatic carbocycles. The molecule has 2 rings (SSSR count). The van der Waals surface area contributed by atoms with Crippen LogP contribution in [-0.2, 0) is 16.0 Å². The van der Waals surface area contributed by atoms with Gasteiger partial charge in [-0.1, -0.05) is 19.1 Å². The van der Waals surface area contributed by atoms with E-state index in [1.54, 1.807) is 0 Å². The predicted molar refractivity (Wildman–Crippen MR) is 79.9 cm³/mol. The van der Waals surface area contributed by atoms with E-state index in [-0.39, 0.29) is 17.6 Å². The zero-order valence-electron chi connectivity index (χ0n) is 12.1. The predicted octanol–water partition coefficient (Wildman–Crippen LogP) is 1.97. The van der Waals surface area contributed by atoms with Crippen LogP contribution in [0.5, 0.6) is 0 Å². The van der Waals surface area contributed by atoms with Crippen molar-refractivity contribution in [2.75, 3.05) is 26.0 Å². The van der Waals surface area contributed by atoms with Crippen molar-refractivity contribution in [1.29, 1.82) is 0 Å². The third-order valence-electron chi connectivity index (χ3n) is 3.47. The van der Waals surface area contributed by atoms with E-state index < -0.39 is 0 Å². The summed E-state index contributed by atoms with van der Waals surface area (Å²) in [5.74, 6) is 0.0317. The van der Waals surface area contributed by atoms with Gasteiger partial charge in [-0.05, 0) is 37.4 Å². The second-order valence-electron chi connectivity index (χ2n) is 5.43. The molecular formula is C16H20N2O2. The number of carbonyl (C=O) groups excluding carboxylic acids is 2. The second-order valence-corrected chi connectivity index (χ2v) is 5.43. The van der Waals surface area contributed by atoms with Crippen LogP contribution < -0.4 is 5.32 Å². The van der Waals surface area contributed by atoms with Crippen LogP contribution in [0.3, 0.4) is 0 Å². The van der Waals surface area contributed by atoms with Gasteiger partial charge in [0, 0.05) is 30.6 Å². The van der Waals surface area contributed by atoms with Crippen LogP contribution in [0.15, 0.2) is 30.4 Å². The van der Waals surface area contributed by atoms with E-state index in [4.69, 9.17) is 0 Å². The first-order valence-corrected chi connectivity index (χ1v) is 6.75. The SMILES string of the molecule is CC1C(=O)Cc2ccc(NC(=O)/C=C/CN(C)C)cc21. The summed E-state index contributed by atoms with van der Waals surface area (Å²) in [7, 11) is 3.89. The number of ketones is 1. The fourth-order valence-corrected chi connectivity index (χ4v) is 2.31. The molecule has 1 aromatic carbocycles. The maximum atomic E-state index is 11.8. The minimum atomic E-state index is -0.149. The highest BCUT2D eigenvalue weighted by Gasteiger charge is 2.26. The molecule has 20 heavy (non-hydrogen) atoms. The number of likely N-dealkylation sites (N-methyl/N-ethyl adjacent to an activating group) is 1. The van der Waals surface area contributed by atoms with Crippen molar-refractivity contribution >= 4 is 17.4 Å². The van der Waals surface area contributed by atoms with Crippen LogP contribution in [0.4, 0.5) is 5.69 Å². The molecule has 0 saturated carbocycles. The van der Waals surface area contributed by atoms with Crippen molar-refractivity contribution in [3.63, 3.8) is 0 Å². The Hall–Kier alpha value is -1.94. The number of rotatable bonds is 4. The molecule has 106 valence electrons. The molecule has 1 unspecified atom stereocenters. The minimum Gasteiger partial charge on any atom is -0.323 e. The third-order valence-corrected chi connectivity index (χ3v) is 3.47. The summed E-state index contributed by atoms with van der Waals surface area (Å²) in [6, 6.07) is 5.68. The molecule has 0 aromatic heterocycles. The van der Waals surface area contributed by atoms with E-state index in [1.807, 2.05) is 50.2 Å². The lowest BCUT2D eigenvalue weighted by Crippen LogP contribution is -2.13. The van der Waals surface area contributed by atoms with Crippen molar-refractivity contribution < 1.29 is 9.59 Å². The van der Waals surface area contributed by atoms with Crippen molar-refractivity contribution in [1.82, 2.24) is 4.90 Å². The molecule has 0 heterocycles. The van der Waals surface area contributed by atoms with Gasteiger partial charge in [0.05, 0.1) is 0 Å². The van der Waals surface area contributed by atoms with E-state index in [0.29, 0.717) is 6.42 Å². The number of benzene rings is 1. The number of nitrogens with zero attached hydrogens (tertiary/aromatic N) is 1. The van der Waals surface area contributed by atoms with Gasteiger partial charge in [-0.25, -0.2) is 0 Å². The second kappa shape index (κ2) is 6.01. The van der Waals surface area contributed by atoms with Gasteiger partial charge in [-0.15, -0.1) is 0 Å². The summed E-state index contributed by atoms with van der Waals surface area (Å²) < 4.78 is 0. The largest absolute Gasteiger partial charge is 0.323 e. The highest BCUT2D eigenvalue weighted by Crippen LogP contribution is 2.31. The van der Waals surface area contributed by atoms with Gasteiger partial charge in [-0.2, -0.15) is 0 Å². The van der Waals surface area contributed by atoms with Crippen molar-refractivity contribution in [2.45, 2.75) is 19.3 Å². The number of nitrogens with one attached hydrogen (secondary N) is 1. The van der Waals surface area contributed by atoms with Gasteiger partial charge in [-0.3, -0.25) is 9.59 Å². The summed E-state index contributed by atoms with van der Waals surface area (Å²) in [6.07, 6.45) is 3.85. The Bertz CT molecular complexity index is 562. The van der Waals surface area contributed by atoms with Gasteiger partial charge in [0.25, 0.3) is 0 Å². The standard InChI is InChI=1S/C16H20N2O2/c1-11-14-10-13(7-6-12(14)9-15(11)19)17-16(20)5-4-8-18(2)3/h4-7,10-11H,8-9H2,1-3H3,(H,17,20)/b5-4+. The number of fused-ring (bicyclic) bond motifs is 1. The summed E-state index contributed by atoms with van der Waals surface area (Å²) in [5.41, 5.74) is 2.85. The Morgan fingerprint density at radius 1 is 1.45 bits per heavy atom. The van der Waals surface area contributed by atoms with Crippen LogP contribution >= 0.6 is 0 Å². The van der Waals surface area contributed by atoms with Gasteiger partial charge in [0.15, 0.2) is 0 Å². The molecule has 1 atom stereocenters. The third kappa shape index (κ3) is 3.33. The van der Waals surface area contributed by atoms with E-state index in [1.165, 1.54) is 6.08 Å². The molecule has 0 radical (unpaired) electrons. The van der Waals surface area contributed by atoms with Crippen LogP contribution in [0.25, 0.3) is 0 Å². The van der Waals surface area contributed by atoms with Gasteiger partial charge >= 0.3 is 0 Å². The zero-order chi connectivity index (χ0) is 14.7. The normalized spacial score (nSPS) is 17.8. The maximum absolute atomic E-state index is 11.8. The Kier molecular flexibility index (Phi) is 4.35. The summed E-state index contributed by atoms with van der Waals surface area (Å²) >= 11 is 0. The van der Waals surface area contributed by atoms with Crippen molar-refractivity contribution in [2.24, 2.45) is 0 Å². The van der Waals surface area contributed by atoms with Crippen LogP contribution in [-0.4, -0.2) is 37.2 Å². The van der Waals surface area contributed by atoms with E-state index in [9.17, 15) is 9.59 Å². The quantitative estimate of drug-likeness (QED) is 0.853. The molecule has 0 fully saturated rings. The molecule has 0 spiro atoms. The number of hydrogen-bond acceptors (Lipinski definition) is 3. The lowest BCUT2D eigenvalue weighted by atomic mass is 10.0. The highest BCUT2D eigenvalue weighted by atomic mass is 16.1. The fourth-order valence-electron chi connectivity index (χ4n) is 2.31. The summed E-state index contributed by atoms with van der Waals surface area (Å²) in [4.78, 5) is 25.4. The molecule has 1 aliphatic rings. The average molecular weight is 272 g/mol. The number of hydrogen-bond donors (Lipinski definition) is 1. The van der Waals surface area contributed by atoms with Crippen LogP contribution in [0.2, 0.25) is 0 Å². The Morgan fingerprint density at radius 3 is 2.90 bits per heavy atom. The molecule has 1 N–H and O–H groups in total. The first kappa shape index (κ1) is 14.5. The van der Waals surface area contributed by atoms with Crippen molar-refractivity contribution in [3.8, 4) is 0 Å². The van der Waals surface area contributed by atoms with Crippen molar-refractivity contribution in [3.05, 3.63) is 41.5 Å². The van der Waals surface area contributed by atoms with E-state index in [0.717, 1.165) is 23.4 Å². The lowest BCUT2D eigenvalue weighted by Gasteiger charge is -2.08. The molecule has 1 aromatic rings. The van der Waals surface area contributed by atoms with Crippen LogP contribution in [0, 0.1) is 0 Å². The van der Waals surface area contributed by atoms with Crippen LogP contribution in [0.1, 0.15) is 24.0 Å².